The largest absolute Gasteiger partial charge is 0.220 e. The fraction of sp³-hybridized carbons (Fsp3) is 0.500. The van der Waals surface area contributed by atoms with Gasteiger partial charge in [-0.05, 0) is 83.6 Å². The third-order valence-corrected chi connectivity index (χ3v) is 15.5. The van der Waals surface area contributed by atoms with E-state index in [4.69, 9.17) is 0 Å². The Bertz CT molecular complexity index is 1120. The van der Waals surface area contributed by atoms with Crippen molar-refractivity contribution in [3.8, 4) is 11.3 Å². The Balaban J connectivity index is 2.35. The molecule has 1 heterocycles. The third-order valence-electron chi connectivity index (χ3n) is 8.47. The molecule has 0 unspecified atom stereocenters. The van der Waals surface area contributed by atoms with E-state index in [1.165, 1.54) is 44.3 Å². The van der Waals surface area contributed by atoms with Crippen LogP contribution in [0, 0.1) is 20.8 Å². The molecule has 1 aromatic heterocycles. The van der Waals surface area contributed by atoms with Crippen molar-refractivity contribution in [3.05, 3.63) is 58.8 Å². The minimum atomic E-state index is -1.68. The number of benzene rings is 2. The number of nitrogens with zero attached hydrogens (tertiary/aromatic N) is 1. The Kier molecular flexibility index (Phi) is 7.05. The van der Waals surface area contributed by atoms with E-state index in [0.717, 1.165) is 6.42 Å². The zero-order valence-electron chi connectivity index (χ0n) is 22.4. The molecule has 2 aromatic carbocycles. The van der Waals surface area contributed by atoms with Crippen molar-refractivity contribution in [1.82, 2.24) is 0 Å². The minimum Gasteiger partial charge on any atom is -0.200 e. The summed E-state index contributed by atoms with van der Waals surface area (Å²) in [6.07, 6.45) is 3.33. The fourth-order valence-corrected chi connectivity index (χ4v) is 13.5. The van der Waals surface area contributed by atoms with Gasteiger partial charge >= 0.3 is 0 Å². The number of aromatic nitrogens is 1. The van der Waals surface area contributed by atoms with E-state index in [9.17, 15) is 0 Å². The normalized spacial score (nSPS) is 12.6. The van der Waals surface area contributed by atoms with Crippen LogP contribution in [-0.2, 0) is 13.5 Å². The summed E-state index contributed by atoms with van der Waals surface area (Å²) in [6.45, 7) is 23.8. The summed E-state index contributed by atoms with van der Waals surface area (Å²) in [6, 6.07) is 12.2. The van der Waals surface area contributed by atoms with Gasteiger partial charge in [0.25, 0.3) is 0 Å². The summed E-state index contributed by atoms with van der Waals surface area (Å²) in [4.78, 5) is 0. The molecule has 32 heavy (non-hydrogen) atoms. The van der Waals surface area contributed by atoms with Crippen molar-refractivity contribution in [2.24, 2.45) is 7.05 Å². The fourth-order valence-electron chi connectivity index (χ4n) is 6.71. The van der Waals surface area contributed by atoms with Crippen LogP contribution in [0.4, 0.5) is 0 Å². The van der Waals surface area contributed by atoms with Crippen molar-refractivity contribution in [3.63, 3.8) is 0 Å². The maximum Gasteiger partial charge on any atom is 0.220 e. The molecular formula is C30H44NSi+. The lowest BCUT2D eigenvalue weighted by Gasteiger charge is -2.43. The lowest BCUT2D eigenvalue weighted by molar-refractivity contribution is -0.659. The van der Waals surface area contributed by atoms with E-state index in [-0.39, 0.29) is 0 Å². The molecule has 172 valence electrons. The van der Waals surface area contributed by atoms with Gasteiger partial charge in [0, 0.05) is 6.07 Å². The summed E-state index contributed by atoms with van der Waals surface area (Å²) >= 11 is 0. The highest BCUT2D eigenvalue weighted by atomic mass is 28.3. The summed E-state index contributed by atoms with van der Waals surface area (Å²) in [5, 5.41) is 4.37. The van der Waals surface area contributed by atoms with Gasteiger partial charge in [-0.3, -0.25) is 0 Å². The number of aryl methyl sites for hydroxylation is 2. The van der Waals surface area contributed by atoms with Crippen LogP contribution in [0.2, 0.25) is 16.6 Å². The van der Waals surface area contributed by atoms with E-state index in [0.29, 0.717) is 16.6 Å². The molecule has 1 nitrogen and oxygen atoms in total. The van der Waals surface area contributed by atoms with Crippen LogP contribution in [0.3, 0.4) is 0 Å². The quantitative estimate of drug-likeness (QED) is 0.270. The Morgan fingerprint density at radius 2 is 1.38 bits per heavy atom. The highest BCUT2D eigenvalue weighted by Gasteiger charge is 2.44. The zero-order valence-corrected chi connectivity index (χ0v) is 23.4. The predicted octanol–water partition coefficient (Wildman–Crippen LogP) is 7.70. The van der Waals surface area contributed by atoms with E-state index in [1.54, 1.807) is 5.19 Å². The molecule has 0 radical (unpaired) electrons. The maximum absolute atomic E-state index is 2.54. The third kappa shape index (κ3) is 3.75. The van der Waals surface area contributed by atoms with E-state index < -0.39 is 8.07 Å². The number of hydrogen-bond donors (Lipinski definition) is 0. The van der Waals surface area contributed by atoms with Crippen LogP contribution in [-0.4, -0.2) is 8.07 Å². The van der Waals surface area contributed by atoms with Gasteiger partial charge in [-0.2, -0.15) is 0 Å². The molecule has 2 heteroatoms. The van der Waals surface area contributed by atoms with Crippen molar-refractivity contribution in [1.29, 1.82) is 0 Å². The first-order valence-corrected chi connectivity index (χ1v) is 14.7. The molecule has 0 N–H and O–H groups in total. The highest BCUT2D eigenvalue weighted by Crippen LogP contribution is 2.42. The van der Waals surface area contributed by atoms with Crippen LogP contribution < -0.4 is 9.75 Å². The Hall–Kier alpha value is -1.93. The second kappa shape index (κ2) is 9.13. The first kappa shape index (κ1) is 24.7. The second-order valence-corrected chi connectivity index (χ2v) is 16.7. The number of rotatable bonds is 6. The number of hydrogen-bond acceptors (Lipinski definition) is 0. The van der Waals surface area contributed by atoms with Crippen LogP contribution in [0.1, 0.15) is 70.7 Å². The van der Waals surface area contributed by atoms with Crippen LogP contribution in [0.5, 0.6) is 0 Å². The van der Waals surface area contributed by atoms with Gasteiger partial charge in [-0.1, -0.05) is 65.8 Å². The van der Waals surface area contributed by atoms with E-state index >= 15 is 0 Å². The Labute approximate surface area is 197 Å². The highest BCUT2D eigenvalue weighted by molar-refractivity contribution is 6.95. The van der Waals surface area contributed by atoms with Crippen molar-refractivity contribution in [2.75, 3.05) is 0 Å². The van der Waals surface area contributed by atoms with E-state index in [1.807, 2.05) is 0 Å². The van der Waals surface area contributed by atoms with Crippen LogP contribution in [0.15, 0.2) is 36.5 Å². The molecule has 0 saturated carbocycles. The molecule has 0 aliphatic heterocycles. The molecule has 3 aromatic rings. The zero-order chi connectivity index (χ0) is 24.0. The van der Waals surface area contributed by atoms with Crippen LogP contribution >= 0.6 is 0 Å². The van der Waals surface area contributed by atoms with Gasteiger partial charge in [0.05, 0.1) is 19.0 Å². The average molecular weight is 447 g/mol. The molecule has 0 saturated heterocycles. The number of pyridine rings is 1. The minimum absolute atomic E-state index is 0.716. The number of fused-ring (bicyclic) bond motifs is 1. The van der Waals surface area contributed by atoms with Crippen molar-refractivity contribution >= 4 is 24.0 Å². The molecule has 0 bridgehead atoms. The molecule has 0 aliphatic rings. The van der Waals surface area contributed by atoms with Gasteiger partial charge < -0.3 is 0 Å². The molecule has 3 rings (SSSR count). The molecule has 0 aliphatic carbocycles. The first-order valence-electron chi connectivity index (χ1n) is 12.5. The van der Waals surface area contributed by atoms with Gasteiger partial charge in [0.2, 0.25) is 5.69 Å². The summed E-state index contributed by atoms with van der Waals surface area (Å²) < 4.78 is 2.32. The van der Waals surface area contributed by atoms with E-state index in [2.05, 4.69) is 117 Å². The second-order valence-electron chi connectivity index (χ2n) is 10.8. The summed E-state index contributed by atoms with van der Waals surface area (Å²) in [5.41, 5.74) is 10.6. The van der Waals surface area contributed by atoms with Crippen molar-refractivity contribution < 1.29 is 4.57 Å². The lowest BCUT2D eigenvalue weighted by atomic mass is 9.90. The first-order chi connectivity index (χ1) is 15.0. The predicted molar refractivity (Wildman–Crippen MR) is 145 cm³/mol. The smallest absolute Gasteiger partial charge is 0.200 e. The van der Waals surface area contributed by atoms with Gasteiger partial charge in [-0.25, -0.2) is 4.57 Å². The topological polar surface area (TPSA) is 3.88 Å². The molecule has 0 fully saturated rings. The Morgan fingerprint density at radius 1 is 0.781 bits per heavy atom. The maximum atomic E-state index is 2.54. The van der Waals surface area contributed by atoms with Gasteiger partial charge in [0.15, 0.2) is 6.20 Å². The molecular weight excluding hydrogens is 402 g/mol. The standard InChI is InChI=1S/C30H44NSi/c1-12-25-18-29(24(10)22(8)23(25)9)30-28-14-13-27(17-26(28)15-16-31(30)11)32(19(2)3,20(4)5)21(6)7/h13-21H,12H2,1-11H3/q+1. The SMILES string of the molecule is CCc1cc(-c2c3ccc([Si](C(C)C)(C(C)C)C(C)C)cc3cc[n+]2C)c(C)c(C)c1C. The summed E-state index contributed by atoms with van der Waals surface area (Å²) in [7, 11) is 0.513. The van der Waals surface area contributed by atoms with Gasteiger partial charge in [-0.15, -0.1) is 0 Å². The average Bonchev–Trinajstić information content (AvgIpc) is 2.72. The Morgan fingerprint density at radius 3 is 1.91 bits per heavy atom. The lowest BCUT2D eigenvalue weighted by Crippen LogP contribution is -2.55. The molecule has 0 amide bonds. The molecule has 0 spiro atoms. The van der Waals surface area contributed by atoms with Gasteiger partial charge in [0.1, 0.15) is 7.05 Å². The monoisotopic (exact) mass is 446 g/mol. The summed E-state index contributed by atoms with van der Waals surface area (Å²) in [5.74, 6) is 0. The van der Waals surface area contributed by atoms with Crippen LogP contribution in [0.25, 0.3) is 22.0 Å². The van der Waals surface area contributed by atoms with Crippen molar-refractivity contribution in [2.45, 2.75) is 92.3 Å². The molecule has 0 atom stereocenters.